The van der Waals surface area contributed by atoms with Crippen LogP contribution in [0.5, 0.6) is 0 Å². The standard InChI is InChI=1S/C10H9NO2/c12-7-8-3-4-9(11-6-8)10-2-1-5-13-10/h1-6,12H,7H2. The fourth-order valence-corrected chi connectivity index (χ4v) is 1.09. The van der Waals surface area contributed by atoms with Gasteiger partial charge in [-0.1, -0.05) is 6.07 Å². The largest absolute Gasteiger partial charge is 0.463 e. The zero-order valence-corrected chi connectivity index (χ0v) is 6.97. The number of rotatable bonds is 2. The van der Waals surface area contributed by atoms with Gasteiger partial charge in [0.25, 0.3) is 0 Å². The summed E-state index contributed by atoms with van der Waals surface area (Å²) in [4.78, 5) is 4.14. The molecule has 0 unspecified atom stereocenters. The lowest BCUT2D eigenvalue weighted by Crippen LogP contribution is -1.86. The third-order valence-corrected chi connectivity index (χ3v) is 1.78. The number of aromatic nitrogens is 1. The number of hydrogen-bond donors (Lipinski definition) is 1. The molecule has 0 bridgehead atoms. The molecule has 0 aliphatic carbocycles. The SMILES string of the molecule is OCc1ccc(-c2ccco2)nc1. The van der Waals surface area contributed by atoms with Crippen LogP contribution in [-0.2, 0) is 6.61 Å². The molecule has 1 N–H and O–H groups in total. The molecule has 0 saturated carbocycles. The molecule has 3 heteroatoms. The van der Waals surface area contributed by atoms with Crippen molar-refractivity contribution >= 4 is 0 Å². The molecule has 0 fully saturated rings. The highest BCUT2D eigenvalue weighted by Crippen LogP contribution is 2.16. The topological polar surface area (TPSA) is 46.3 Å². The van der Waals surface area contributed by atoms with Crippen LogP contribution in [0.2, 0.25) is 0 Å². The lowest BCUT2D eigenvalue weighted by atomic mass is 10.2. The monoisotopic (exact) mass is 175 g/mol. The van der Waals surface area contributed by atoms with E-state index in [1.54, 1.807) is 12.5 Å². The molecule has 2 rings (SSSR count). The zero-order valence-electron chi connectivity index (χ0n) is 6.97. The highest BCUT2D eigenvalue weighted by molar-refractivity contribution is 5.51. The van der Waals surface area contributed by atoms with Crippen LogP contribution in [0.25, 0.3) is 11.5 Å². The molecular weight excluding hydrogens is 166 g/mol. The predicted octanol–water partition coefficient (Wildman–Crippen LogP) is 1.83. The second kappa shape index (κ2) is 3.41. The first-order chi connectivity index (χ1) is 6.40. The first-order valence-corrected chi connectivity index (χ1v) is 4.00. The minimum absolute atomic E-state index is 0.0193. The van der Waals surface area contributed by atoms with Gasteiger partial charge in [-0.15, -0.1) is 0 Å². The van der Waals surface area contributed by atoms with Crippen molar-refractivity contribution in [2.24, 2.45) is 0 Å². The van der Waals surface area contributed by atoms with Gasteiger partial charge < -0.3 is 9.52 Å². The Labute approximate surface area is 75.7 Å². The summed E-state index contributed by atoms with van der Waals surface area (Å²) in [6.45, 7) is 0.0193. The van der Waals surface area contributed by atoms with Crippen LogP contribution in [0.15, 0.2) is 41.1 Å². The van der Waals surface area contributed by atoms with Gasteiger partial charge in [-0.2, -0.15) is 0 Å². The quantitative estimate of drug-likeness (QED) is 0.757. The molecule has 2 aromatic heterocycles. The van der Waals surface area contributed by atoms with Crippen LogP contribution in [0.4, 0.5) is 0 Å². The van der Waals surface area contributed by atoms with E-state index in [1.807, 2.05) is 24.3 Å². The Bertz CT molecular complexity index is 364. The maximum atomic E-state index is 8.80. The van der Waals surface area contributed by atoms with Gasteiger partial charge in [0.05, 0.1) is 12.9 Å². The van der Waals surface area contributed by atoms with E-state index in [1.165, 1.54) is 0 Å². The smallest absolute Gasteiger partial charge is 0.152 e. The van der Waals surface area contributed by atoms with Crippen molar-refractivity contribution in [3.8, 4) is 11.5 Å². The van der Waals surface area contributed by atoms with E-state index in [4.69, 9.17) is 9.52 Å². The van der Waals surface area contributed by atoms with Gasteiger partial charge in [0.1, 0.15) is 5.69 Å². The summed E-state index contributed by atoms with van der Waals surface area (Å²) in [6.07, 6.45) is 3.24. The van der Waals surface area contributed by atoms with Crippen molar-refractivity contribution in [3.63, 3.8) is 0 Å². The van der Waals surface area contributed by atoms with E-state index < -0.39 is 0 Å². The Morgan fingerprint density at radius 1 is 1.31 bits per heavy atom. The molecule has 0 spiro atoms. The molecule has 0 amide bonds. The Hall–Kier alpha value is -1.61. The maximum absolute atomic E-state index is 8.80. The van der Waals surface area contributed by atoms with Crippen LogP contribution in [0.3, 0.4) is 0 Å². The Kier molecular flexibility index (Phi) is 2.10. The van der Waals surface area contributed by atoms with E-state index in [9.17, 15) is 0 Å². The molecule has 0 radical (unpaired) electrons. The minimum atomic E-state index is 0.0193. The van der Waals surface area contributed by atoms with Gasteiger partial charge in [-0.05, 0) is 23.8 Å². The lowest BCUT2D eigenvalue weighted by Gasteiger charge is -1.97. The number of pyridine rings is 1. The molecule has 0 saturated heterocycles. The van der Waals surface area contributed by atoms with Gasteiger partial charge in [0.15, 0.2) is 5.76 Å². The predicted molar refractivity (Wildman–Crippen MR) is 47.9 cm³/mol. The molecule has 2 aromatic rings. The van der Waals surface area contributed by atoms with E-state index in [2.05, 4.69) is 4.98 Å². The van der Waals surface area contributed by atoms with Crippen LogP contribution in [-0.4, -0.2) is 10.1 Å². The van der Waals surface area contributed by atoms with Crippen LogP contribution >= 0.6 is 0 Å². The van der Waals surface area contributed by atoms with Crippen LogP contribution < -0.4 is 0 Å². The van der Waals surface area contributed by atoms with Crippen LogP contribution in [0.1, 0.15) is 5.56 Å². The number of aliphatic hydroxyl groups excluding tert-OH is 1. The fraction of sp³-hybridized carbons (Fsp3) is 0.100. The van der Waals surface area contributed by atoms with Gasteiger partial charge >= 0.3 is 0 Å². The average molecular weight is 175 g/mol. The minimum Gasteiger partial charge on any atom is -0.463 e. The van der Waals surface area contributed by atoms with Crippen molar-refractivity contribution in [2.75, 3.05) is 0 Å². The molecule has 0 aliphatic heterocycles. The van der Waals surface area contributed by atoms with Crippen molar-refractivity contribution in [1.29, 1.82) is 0 Å². The fourth-order valence-electron chi connectivity index (χ4n) is 1.09. The number of nitrogens with zero attached hydrogens (tertiary/aromatic N) is 1. The normalized spacial score (nSPS) is 10.2. The summed E-state index contributed by atoms with van der Waals surface area (Å²) in [5, 5.41) is 8.80. The van der Waals surface area contributed by atoms with Crippen molar-refractivity contribution < 1.29 is 9.52 Å². The Morgan fingerprint density at radius 2 is 2.23 bits per heavy atom. The third-order valence-electron chi connectivity index (χ3n) is 1.78. The summed E-state index contributed by atoms with van der Waals surface area (Å²) in [5.74, 6) is 0.740. The highest BCUT2D eigenvalue weighted by atomic mass is 16.3. The second-order valence-electron chi connectivity index (χ2n) is 2.69. The summed E-state index contributed by atoms with van der Waals surface area (Å²) in [7, 11) is 0. The molecule has 13 heavy (non-hydrogen) atoms. The van der Waals surface area contributed by atoms with Crippen molar-refractivity contribution in [1.82, 2.24) is 4.98 Å². The van der Waals surface area contributed by atoms with E-state index >= 15 is 0 Å². The summed E-state index contributed by atoms with van der Waals surface area (Å²) in [6, 6.07) is 7.31. The molecule has 3 nitrogen and oxygen atoms in total. The zero-order chi connectivity index (χ0) is 9.10. The number of hydrogen-bond acceptors (Lipinski definition) is 3. The van der Waals surface area contributed by atoms with Gasteiger partial charge in [0, 0.05) is 6.20 Å². The molecule has 0 aromatic carbocycles. The summed E-state index contributed by atoms with van der Waals surface area (Å²) >= 11 is 0. The Morgan fingerprint density at radius 3 is 2.77 bits per heavy atom. The molecular formula is C10H9NO2. The lowest BCUT2D eigenvalue weighted by molar-refractivity contribution is 0.281. The summed E-state index contributed by atoms with van der Waals surface area (Å²) < 4.78 is 5.17. The summed E-state index contributed by atoms with van der Waals surface area (Å²) in [5.41, 5.74) is 1.58. The van der Waals surface area contributed by atoms with E-state index in [0.29, 0.717) is 0 Å². The maximum Gasteiger partial charge on any atom is 0.152 e. The van der Waals surface area contributed by atoms with E-state index in [-0.39, 0.29) is 6.61 Å². The third kappa shape index (κ3) is 1.60. The Balaban J connectivity index is 2.33. The first kappa shape index (κ1) is 8.01. The highest BCUT2D eigenvalue weighted by Gasteiger charge is 2.00. The van der Waals surface area contributed by atoms with Gasteiger partial charge in [0.2, 0.25) is 0 Å². The molecule has 66 valence electrons. The van der Waals surface area contributed by atoms with Crippen LogP contribution in [0, 0.1) is 0 Å². The molecule has 0 aliphatic rings. The van der Waals surface area contributed by atoms with Crippen molar-refractivity contribution in [2.45, 2.75) is 6.61 Å². The second-order valence-corrected chi connectivity index (χ2v) is 2.69. The number of furan rings is 1. The van der Waals surface area contributed by atoms with Gasteiger partial charge in [-0.25, -0.2) is 0 Å². The molecule has 2 heterocycles. The van der Waals surface area contributed by atoms with Crippen molar-refractivity contribution in [3.05, 3.63) is 42.3 Å². The average Bonchev–Trinajstić information content (AvgIpc) is 2.71. The molecule has 0 atom stereocenters. The first-order valence-electron chi connectivity index (χ1n) is 4.00. The van der Waals surface area contributed by atoms with Gasteiger partial charge in [-0.3, -0.25) is 4.98 Å². The van der Waals surface area contributed by atoms with E-state index in [0.717, 1.165) is 17.0 Å². The number of aliphatic hydroxyl groups is 1.